The summed E-state index contributed by atoms with van der Waals surface area (Å²) in [7, 11) is 0. The normalized spacial score (nSPS) is 10.9. The molecule has 152 valence electrons. The molecule has 1 aromatic heterocycles. The molecule has 29 heavy (non-hydrogen) atoms. The van der Waals surface area contributed by atoms with Crippen LogP contribution in [0.4, 0.5) is 4.39 Å². The van der Waals surface area contributed by atoms with Gasteiger partial charge in [-0.05, 0) is 30.7 Å². The van der Waals surface area contributed by atoms with Crippen LogP contribution in [0.3, 0.4) is 0 Å². The highest BCUT2D eigenvalue weighted by Gasteiger charge is 2.17. The topological polar surface area (TPSA) is 46.9 Å². The fourth-order valence-corrected chi connectivity index (χ4v) is 4.21. The van der Waals surface area contributed by atoms with E-state index in [0.29, 0.717) is 34.2 Å². The van der Waals surface area contributed by atoms with Gasteiger partial charge in [-0.1, -0.05) is 49.2 Å². The minimum Gasteiger partial charge on any atom is -0.351 e. The summed E-state index contributed by atoms with van der Waals surface area (Å²) in [4.78, 5) is 12.7. The van der Waals surface area contributed by atoms with E-state index in [-0.39, 0.29) is 11.7 Å². The van der Waals surface area contributed by atoms with Crippen LogP contribution in [0, 0.1) is 5.82 Å². The molecule has 4 nitrogen and oxygen atoms in total. The van der Waals surface area contributed by atoms with E-state index < -0.39 is 0 Å². The van der Waals surface area contributed by atoms with E-state index in [1.165, 1.54) is 17.8 Å². The van der Waals surface area contributed by atoms with Gasteiger partial charge < -0.3 is 5.32 Å². The fraction of sp³-hybridized carbons (Fsp3) is 0.273. The molecule has 0 aliphatic heterocycles. The molecule has 0 fully saturated rings. The predicted octanol–water partition coefficient (Wildman–Crippen LogP) is 5.28. The second-order valence-electron chi connectivity index (χ2n) is 6.51. The Bertz CT molecular complexity index is 942. The number of carbonyl (C=O) groups excluding carboxylic acids is 1. The Labute approximate surface area is 179 Å². The molecule has 7 heteroatoms. The number of aromatic nitrogens is 2. The highest BCUT2D eigenvalue weighted by atomic mass is 35.5. The van der Waals surface area contributed by atoms with Crippen molar-refractivity contribution in [3.8, 4) is 5.69 Å². The Balaban J connectivity index is 1.57. The molecule has 0 aliphatic carbocycles. The summed E-state index contributed by atoms with van der Waals surface area (Å²) in [5, 5.41) is 7.79. The molecular weight excluding hydrogens is 409 g/mol. The molecule has 1 amide bonds. The van der Waals surface area contributed by atoms with Gasteiger partial charge in [0, 0.05) is 28.6 Å². The van der Waals surface area contributed by atoms with Crippen molar-refractivity contribution in [1.29, 1.82) is 0 Å². The van der Waals surface area contributed by atoms with Crippen LogP contribution >= 0.6 is 23.4 Å². The molecule has 0 spiro atoms. The van der Waals surface area contributed by atoms with Crippen LogP contribution in [0.5, 0.6) is 0 Å². The van der Waals surface area contributed by atoms with Gasteiger partial charge in [-0.25, -0.2) is 9.07 Å². The van der Waals surface area contributed by atoms with Gasteiger partial charge in [0.1, 0.15) is 5.82 Å². The Morgan fingerprint density at radius 1 is 1.21 bits per heavy atom. The van der Waals surface area contributed by atoms with E-state index in [1.54, 1.807) is 18.3 Å². The van der Waals surface area contributed by atoms with Crippen molar-refractivity contribution < 1.29 is 9.18 Å². The second kappa shape index (κ2) is 10.5. The Morgan fingerprint density at radius 2 is 2.00 bits per heavy atom. The van der Waals surface area contributed by atoms with Gasteiger partial charge in [0.2, 0.25) is 0 Å². The van der Waals surface area contributed by atoms with E-state index >= 15 is 0 Å². The fourth-order valence-electron chi connectivity index (χ4n) is 3.01. The molecule has 1 heterocycles. The number of hydrogen-bond donors (Lipinski definition) is 1. The van der Waals surface area contributed by atoms with E-state index in [4.69, 9.17) is 11.6 Å². The molecule has 2 aromatic carbocycles. The first kappa shape index (κ1) is 21.4. The molecule has 0 atom stereocenters. The predicted molar refractivity (Wildman–Crippen MR) is 117 cm³/mol. The highest BCUT2D eigenvalue weighted by Crippen LogP contribution is 2.23. The summed E-state index contributed by atoms with van der Waals surface area (Å²) < 4.78 is 15.6. The molecule has 0 saturated heterocycles. The van der Waals surface area contributed by atoms with Gasteiger partial charge >= 0.3 is 0 Å². The van der Waals surface area contributed by atoms with Crippen LogP contribution in [-0.2, 0) is 12.2 Å². The lowest BCUT2D eigenvalue weighted by Crippen LogP contribution is -2.26. The monoisotopic (exact) mass is 431 g/mol. The maximum Gasteiger partial charge on any atom is 0.254 e. The van der Waals surface area contributed by atoms with Crippen molar-refractivity contribution in [3.63, 3.8) is 0 Å². The van der Waals surface area contributed by atoms with Gasteiger partial charge in [0.05, 0.1) is 23.1 Å². The molecule has 0 saturated carbocycles. The van der Waals surface area contributed by atoms with E-state index in [2.05, 4.69) is 17.3 Å². The van der Waals surface area contributed by atoms with Gasteiger partial charge in [-0.3, -0.25) is 4.79 Å². The van der Waals surface area contributed by atoms with Crippen LogP contribution < -0.4 is 5.32 Å². The molecule has 0 bridgehead atoms. The summed E-state index contributed by atoms with van der Waals surface area (Å²) >= 11 is 7.57. The van der Waals surface area contributed by atoms with Crippen molar-refractivity contribution in [1.82, 2.24) is 15.1 Å². The molecular formula is C22H23ClFN3OS. The Kier molecular flexibility index (Phi) is 7.72. The van der Waals surface area contributed by atoms with Gasteiger partial charge in [-0.2, -0.15) is 16.9 Å². The highest BCUT2D eigenvalue weighted by molar-refractivity contribution is 7.98. The van der Waals surface area contributed by atoms with Crippen LogP contribution in [-0.4, -0.2) is 28.0 Å². The number of halogens is 2. The third kappa shape index (κ3) is 5.40. The van der Waals surface area contributed by atoms with Crippen LogP contribution in [0.1, 0.15) is 35.0 Å². The van der Waals surface area contributed by atoms with Crippen molar-refractivity contribution in [2.75, 3.05) is 12.3 Å². The maximum atomic E-state index is 13.8. The van der Waals surface area contributed by atoms with E-state index in [1.807, 2.05) is 35.0 Å². The number of rotatable bonds is 9. The first-order valence-corrected chi connectivity index (χ1v) is 11.1. The van der Waals surface area contributed by atoms with Crippen molar-refractivity contribution in [3.05, 3.63) is 82.4 Å². The lowest BCUT2D eigenvalue weighted by atomic mass is 10.1. The summed E-state index contributed by atoms with van der Waals surface area (Å²) in [6.45, 7) is 2.56. The summed E-state index contributed by atoms with van der Waals surface area (Å²) in [6, 6.07) is 14.5. The van der Waals surface area contributed by atoms with Gasteiger partial charge in [0.15, 0.2) is 0 Å². The number of nitrogens with zero attached hydrogens (tertiary/aromatic N) is 2. The molecule has 0 aliphatic rings. The van der Waals surface area contributed by atoms with Crippen molar-refractivity contribution in [2.24, 2.45) is 0 Å². The first-order valence-electron chi connectivity index (χ1n) is 9.53. The number of para-hydroxylation sites is 1. The van der Waals surface area contributed by atoms with Crippen LogP contribution in [0.15, 0.2) is 54.7 Å². The zero-order valence-electron chi connectivity index (χ0n) is 16.2. The van der Waals surface area contributed by atoms with E-state index in [0.717, 1.165) is 24.2 Å². The summed E-state index contributed by atoms with van der Waals surface area (Å²) in [5.74, 6) is 0.688. The van der Waals surface area contributed by atoms with Crippen molar-refractivity contribution >= 4 is 29.3 Å². The third-order valence-corrected chi connectivity index (χ3v) is 5.78. The van der Waals surface area contributed by atoms with Gasteiger partial charge in [0.25, 0.3) is 5.91 Å². The zero-order chi connectivity index (χ0) is 20.6. The lowest BCUT2D eigenvalue weighted by molar-refractivity contribution is 0.0955. The molecule has 0 unspecified atom stereocenters. The molecule has 1 N–H and O–H groups in total. The number of thioether (sulfide) groups is 1. The zero-order valence-corrected chi connectivity index (χ0v) is 17.8. The Hall–Kier alpha value is -2.31. The maximum absolute atomic E-state index is 13.8. The summed E-state index contributed by atoms with van der Waals surface area (Å²) in [6.07, 6.45) is 3.30. The standard InChI is InChI=1S/C22H23ClFN3OS/c1-2-7-21-17(14-26-27(21)16-8-4-3-5-9-16)22(28)25-12-13-29-15-18-19(23)10-6-11-20(18)24/h3-6,8-11,14H,2,7,12-13,15H2,1H3,(H,25,28). The molecule has 3 aromatic rings. The molecule has 0 radical (unpaired) electrons. The average Bonchev–Trinajstić information content (AvgIpc) is 3.14. The second-order valence-corrected chi connectivity index (χ2v) is 8.02. The minimum absolute atomic E-state index is 0.139. The molecule has 3 rings (SSSR count). The lowest BCUT2D eigenvalue weighted by Gasteiger charge is -2.10. The van der Waals surface area contributed by atoms with Gasteiger partial charge in [-0.15, -0.1) is 0 Å². The Morgan fingerprint density at radius 3 is 2.72 bits per heavy atom. The quantitative estimate of drug-likeness (QED) is 0.469. The smallest absolute Gasteiger partial charge is 0.254 e. The number of amides is 1. The van der Waals surface area contributed by atoms with Crippen molar-refractivity contribution in [2.45, 2.75) is 25.5 Å². The first-order chi connectivity index (χ1) is 14.1. The minimum atomic E-state index is -0.299. The summed E-state index contributed by atoms with van der Waals surface area (Å²) in [5.41, 5.74) is 2.94. The third-order valence-electron chi connectivity index (χ3n) is 4.44. The number of carbonyl (C=O) groups is 1. The SMILES string of the molecule is CCCc1c(C(=O)NCCSCc2c(F)cccc2Cl)cnn1-c1ccccc1. The number of benzene rings is 2. The van der Waals surface area contributed by atoms with E-state index in [9.17, 15) is 9.18 Å². The van der Waals surface area contributed by atoms with Crippen LogP contribution in [0.25, 0.3) is 5.69 Å². The largest absolute Gasteiger partial charge is 0.351 e. The van der Waals surface area contributed by atoms with Crippen LogP contribution in [0.2, 0.25) is 5.02 Å². The number of hydrogen-bond acceptors (Lipinski definition) is 3. The number of nitrogens with one attached hydrogen (secondary N) is 1. The average molecular weight is 432 g/mol.